The van der Waals surface area contributed by atoms with Gasteiger partial charge in [0.2, 0.25) is 5.91 Å². The summed E-state index contributed by atoms with van der Waals surface area (Å²) in [5.74, 6) is 0.530. The van der Waals surface area contributed by atoms with Crippen molar-refractivity contribution in [2.45, 2.75) is 64.0 Å². The van der Waals surface area contributed by atoms with Gasteiger partial charge in [-0.15, -0.1) is 5.10 Å². The molecule has 1 heterocycles. The van der Waals surface area contributed by atoms with E-state index >= 15 is 0 Å². The Hall–Kier alpha value is -1.43. The number of carbonyl (C=O) groups excluding carboxylic acids is 1. The Balaban J connectivity index is 1.49. The van der Waals surface area contributed by atoms with E-state index in [1.807, 2.05) is 0 Å². The first kappa shape index (κ1) is 15.9. The van der Waals surface area contributed by atoms with Crippen LogP contribution in [0.5, 0.6) is 0 Å². The number of aryl methyl sites for hydroxylation is 1. The van der Waals surface area contributed by atoms with Crippen molar-refractivity contribution in [1.29, 1.82) is 0 Å². The van der Waals surface area contributed by atoms with Crippen LogP contribution >= 0.6 is 0 Å². The van der Waals surface area contributed by atoms with Gasteiger partial charge in [-0.2, -0.15) is 0 Å². The normalized spacial score (nSPS) is 22.1. The predicted molar refractivity (Wildman–Crippen MR) is 79.5 cm³/mol. The van der Waals surface area contributed by atoms with Crippen molar-refractivity contribution >= 4 is 5.91 Å². The standard InChI is InChI=1S/C15H26N4O2/c20-14-7-2-1-5-13(14)6-3-9-16-15(21)8-4-11-19-12-10-17-18-19/h10,12-14,20H,1-9,11H2,(H,16,21). The molecule has 2 N–H and O–H groups in total. The number of aliphatic hydroxyl groups excluding tert-OH is 1. The highest BCUT2D eigenvalue weighted by molar-refractivity contribution is 5.75. The third kappa shape index (κ3) is 5.83. The summed E-state index contributed by atoms with van der Waals surface area (Å²) in [7, 11) is 0. The molecule has 1 saturated carbocycles. The number of amides is 1. The lowest BCUT2D eigenvalue weighted by molar-refractivity contribution is -0.121. The summed E-state index contributed by atoms with van der Waals surface area (Å²) < 4.78 is 1.73. The maximum absolute atomic E-state index is 11.7. The summed E-state index contributed by atoms with van der Waals surface area (Å²) in [5, 5.41) is 20.4. The zero-order chi connectivity index (χ0) is 14.9. The van der Waals surface area contributed by atoms with Crippen LogP contribution in [-0.2, 0) is 11.3 Å². The third-order valence-electron chi connectivity index (χ3n) is 4.21. The van der Waals surface area contributed by atoms with Crippen molar-refractivity contribution < 1.29 is 9.90 Å². The minimum absolute atomic E-state index is 0.0966. The molecule has 2 rings (SSSR count). The maximum Gasteiger partial charge on any atom is 0.220 e. The average Bonchev–Trinajstić information content (AvgIpc) is 2.98. The van der Waals surface area contributed by atoms with Crippen molar-refractivity contribution in [1.82, 2.24) is 20.3 Å². The molecule has 6 nitrogen and oxygen atoms in total. The first-order valence-corrected chi connectivity index (χ1v) is 8.04. The molecule has 0 saturated heterocycles. The van der Waals surface area contributed by atoms with Crippen LogP contribution in [0.25, 0.3) is 0 Å². The molecule has 0 bridgehead atoms. The van der Waals surface area contributed by atoms with Crippen LogP contribution < -0.4 is 5.32 Å². The van der Waals surface area contributed by atoms with E-state index in [0.29, 0.717) is 18.9 Å². The molecule has 2 atom stereocenters. The maximum atomic E-state index is 11.7. The van der Waals surface area contributed by atoms with Gasteiger partial charge in [0.1, 0.15) is 0 Å². The highest BCUT2D eigenvalue weighted by Crippen LogP contribution is 2.27. The molecule has 1 fully saturated rings. The van der Waals surface area contributed by atoms with Gasteiger partial charge in [0.25, 0.3) is 0 Å². The minimum Gasteiger partial charge on any atom is -0.393 e. The number of rotatable bonds is 8. The number of carbonyl (C=O) groups is 1. The molecule has 0 aliphatic heterocycles. The van der Waals surface area contributed by atoms with Gasteiger partial charge in [-0.3, -0.25) is 9.48 Å². The van der Waals surface area contributed by atoms with Gasteiger partial charge in [0.05, 0.1) is 12.3 Å². The predicted octanol–water partition coefficient (Wildman–Crippen LogP) is 1.51. The molecule has 0 radical (unpaired) electrons. The Kier molecular flexibility index (Phi) is 6.66. The fourth-order valence-corrected chi connectivity index (χ4v) is 2.96. The Bertz CT molecular complexity index is 408. The zero-order valence-electron chi connectivity index (χ0n) is 12.6. The van der Waals surface area contributed by atoms with Gasteiger partial charge >= 0.3 is 0 Å². The van der Waals surface area contributed by atoms with Gasteiger partial charge in [-0.05, 0) is 38.0 Å². The first-order chi connectivity index (χ1) is 10.3. The van der Waals surface area contributed by atoms with Crippen LogP contribution in [0.4, 0.5) is 0 Å². The minimum atomic E-state index is -0.128. The molecule has 0 spiro atoms. The fraction of sp³-hybridized carbons (Fsp3) is 0.800. The second kappa shape index (κ2) is 8.77. The molecule has 1 aliphatic carbocycles. The molecule has 0 aromatic carbocycles. The second-order valence-electron chi connectivity index (χ2n) is 5.87. The van der Waals surface area contributed by atoms with E-state index in [0.717, 1.165) is 45.1 Å². The van der Waals surface area contributed by atoms with Crippen molar-refractivity contribution in [2.24, 2.45) is 5.92 Å². The van der Waals surface area contributed by atoms with Crippen LogP contribution in [0.2, 0.25) is 0 Å². The third-order valence-corrected chi connectivity index (χ3v) is 4.21. The van der Waals surface area contributed by atoms with Gasteiger partial charge in [-0.25, -0.2) is 0 Å². The lowest BCUT2D eigenvalue weighted by Crippen LogP contribution is -2.28. The van der Waals surface area contributed by atoms with Gasteiger partial charge in [0, 0.05) is 25.7 Å². The average molecular weight is 294 g/mol. The Morgan fingerprint density at radius 1 is 1.33 bits per heavy atom. The fourth-order valence-electron chi connectivity index (χ4n) is 2.96. The van der Waals surface area contributed by atoms with Crippen LogP contribution in [0, 0.1) is 5.92 Å². The number of aliphatic hydroxyl groups is 1. The van der Waals surface area contributed by atoms with Crippen LogP contribution in [0.3, 0.4) is 0 Å². The van der Waals surface area contributed by atoms with Crippen LogP contribution in [-0.4, -0.2) is 38.7 Å². The van der Waals surface area contributed by atoms with Gasteiger partial charge in [0.15, 0.2) is 0 Å². The number of aromatic nitrogens is 3. The molecule has 1 aliphatic rings. The highest BCUT2D eigenvalue weighted by atomic mass is 16.3. The Labute approximate surface area is 125 Å². The van der Waals surface area contributed by atoms with E-state index in [1.54, 1.807) is 17.1 Å². The second-order valence-corrected chi connectivity index (χ2v) is 5.87. The first-order valence-electron chi connectivity index (χ1n) is 8.04. The van der Waals surface area contributed by atoms with Crippen LogP contribution in [0.15, 0.2) is 12.4 Å². The Morgan fingerprint density at radius 3 is 2.95 bits per heavy atom. The van der Waals surface area contributed by atoms with Gasteiger partial charge in [-0.1, -0.05) is 18.1 Å². The lowest BCUT2D eigenvalue weighted by Gasteiger charge is -2.27. The quantitative estimate of drug-likeness (QED) is 0.712. The number of nitrogens with one attached hydrogen (secondary N) is 1. The van der Waals surface area contributed by atoms with E-state index in [2.05, 4.69) is 15.6 Å². The smallest absolute Gasteiger partial charge is 0.220 e. The van der Waals surface area contributed by atoms with E-state index in [9.17, 15) is 9.90 Å². The van der Waals surface area contributed by atoms with E-state index in [4.69, 9.17) is 0 Å². The topological polar surface area (TPSA) is 80.0 Å². The molecule has 21 heavy (non-hydrogen) atoms. The van der Waals surface area contributed by atoms with Crippen molar-refractivity contribution in [3.63, 3.8) is 0 Å². The van der Waals surface area contributed by atoms with Crippen LogP contribution in [0.1, 0.15) is 51.4 Å². The highest BCUT2D eigenvalue weighted by Gasteiger charge is 2.22. The number of nitrogens with zero attached hydrogens (tertiary/aromatic N) is 3. The number of hydrogen-bond donors (Lipinski definition) is 2. The Morgan fingerprint density at radius 2 is 2.19 bits per heavy atom. The van der Waals surface area contributed by atoms with E-state index in [-0.39, 0.29) is 12.0 Å². The largest absolute Gasteiger partial charge is 0.393 e. The van der Waals surface area contributed by atoms with Crippen molar-refractivity contribution in [2.75, 3.05) is 6.54 Å². The summed E-state index contributed by atoms with van der Waals surface area (Å²) in [6.45, 7) is 1.44. The van der Waals surface area contributed by atoms with E-state index < -0.39 is 0 Å². The lowest BCUT2D eigenvalue weighted by atomic mass is 9.83. The molecular formula is C15H26N4O2. The van der Waals surface area contributed by atoms with Crippen molar-refractivity contribution in [3.05, 3.63) is 12.4 Å². The molecular weight excluding hydrogens is 268 g/mol. The molecule has 6 heteroatoms. The summed E-state index contributed by atoms with van der Waals surface area (Å²) >= 11 is 0. The van der Waals surface area contributed by atoms with Gasteiger partial charge < -0.3 is 10.4 Å². The molecule has 2 unspecified atom stereocenters. The number of hydrogen-bond acceptors (Lipinski definition) is 4. The molecule has 1 amide bonds. The van der Waals surface area contributed by atoms with Crippen molar-refractivity contribution in [3.8, 4) is 0 Å². The van der Waals surface area contributed by atoms with E-state index in [1.165, 1.54) is 6.42 Å². The molecule has 1 aromatic heterocycles. The zero-order valence-corrected chi connectivity index (χ0v) is 12.6. The molecule has 1 aromatic rings. The monoisotopic (exact) mass is 294 g/mol. The molecule has 118 valence electrons. The summed E-state index contributed by atoms with van der Waals surface area (Å²) in [6.07, 6.45) is 11.0. The summed E-state index contributed by atoms with van der Waals surface area (Å²) in [4.78, 5) is 11.7. The SMILES string of the molecule is O=C(CCCn1ccnn1)NCCCC1CCCCC1O. The summed E-state index contributed by atoms with van der Waals surface area (Å²) in [6, 6.07) is 0. The summed E-state index contributed by atoms with van der Waals surface area (Å²) in [5.41, 5.74) is 0.